The maximum atomic E-state index is 13.8. The summed E-state index contributed by atoms with van der Waals surface area (Å²) in [6.45, 7) is 17.8. The van der Waals surface area contributed by atoms with Crippen molar-refractivity contribution in [2.45, 2.75) is 188 Å². The first-order chi connectivity index (χ1) is 32.3. The third kappa shape index (κ3) is 21.9. The van der Waals surface area contributed by atoms with Crippen LogP contribution in [0.15, 0.2) is 4.99 Å². The number of aliphatic imine (C=N–C) groups is 1. The van der Waals surface area contributed by atoms with E-state index in [9.17, 15) is 68.7 Å². The Bertz CT molecular complexity index is 1790. The van der Waals surface area contributed by atoms with Gasteiger partial charge in [0, 0.05) is 6.54 Å². The van der Waals surface area contributed by atoms with Crippen molar-refractivity contribution in [1.29, 1.82) is 0 Å². The third-order valence-corrected chi connectivity index (χ3v) is 11.2. The van der Waals surface area contributed by atoms with Gasteiger partial charge < -0.3 is 85.3 Å². The Morgan fingerprint density at radius 3 is 1.13 bits per heavy atom. The number of hydrogen-bond acceptors (Lipinski definition) is 15. The van der Waals surface area contributed by atoms with Gasteiger partial charge in [-0.2, -0.15) is 0 Å². The second kappa shape index (κ2) is 30.8. The highest BCUT2D eigenvalue weighted by atomic mass is 16.4. The van der Waals surface area contributed by atoms with E-state index in [0.717, 1.165) is 13.8 Å². The number of aliphatic hydroxyl groups excluding tert-OH is 4. The molecule has 0 radical (unpaired) electrons. The van der Waals surface area contributed by atoms with E-state index < -0.39 is 150 Å². The Hall–Kier alpha value is -5.70. The van der Waals surface area contributed by atoms with Crippen LogP contribution in [0.1, 0.15) is 109 Å². The van der Waals surface area contributed by atoms with E-state index in [4.69, 9.17) is 17.2 Å². The molecule has 0 saturated heterocycles. The molecule has 402 valence electrons. The molecule has 70 heavy (non-hydrogen) atoms. The molecule has 0 saturated carbocycles. The standard InChI is InChI=1S/C44H82N12O14/c1-13-21(8)30(38(64)55-32(23(10)58)40(66)51-29(20(6)7)43(69)70)52-41(67)33(24(11)59)56-42(68)34(25(12)60)54-37(63)28(19(4)5)50-39(65)31(22(9)57)53-36(62)27(17-18(2)3)49-35(61)26(45)15-14-16-48-44(46)47/h18-34,57-60H,13-17,45H2,1-12H3,(H,49,61)(H,50,65)(H,51,66)(H,52,67)(H,53,62)(H,54,63)(H,55,64)(H,56,68)(H,69,70)(H4,46,47,48)/t21-,22+,23+,24+,25+,26-,27-,28-,29-,30-,31-,32-,33-,34-/m0/s1. The summed E-state index contributed by atoms with van der Waals surface area (Å²) in [6, 6.07) is -13.5. The normalized spacial score (nSPS) is 17.5. The van der Waals surface area contributed by atoms with E-state index in [2.05, 4.69) is 47.5 Å². The summed E-state index contributed by atoms with van der Waals surface area (Å²) in [5.41, 5.74) is 16.7. The van der Waals surface area contributed by atoms with Gasteiger partial charge >= 0.3 is 5.97 Å². The van der Waals surface area contributed by atoms with Crippen LogP contribution in [0.25, 0.3) is 0 Å². The van der Waals surface area contributed by atoms with Crippen molar-refractivity contribution < 1.29 is 68.7 Å². The predicted octanol–water partition coefficient (Wildman–Crippen LogP) is -4.74. The molecule has 0 bridgehead atoms. The Morgan fingerprint density at radius 2 is 0.800 bits per heavy atom. The zero-order valence-corrected chi connectivity index (χ0v) is 42.4. The quantitative estimate of drug-likeness (QED) is 0.0176. The highest BCUT2D eigenvalue weighted by Crippen LogP contribution is 2.13. The van der Waals surface area contributed by atoms with Gasteiger partial charge in [-0.15, -0.1) is 0 Å². The minimum atomic E-state index is -1.83. The van der Waals surface area contributed by atoms with Crippen LogP contribution in [-0.4, -0.2) is 170 Å². The number of rotatable bonds is 31. The first kappa shape index (κ1) is 64.3. The maximum Gasteiger partial charge on any atom is 0.326 e. The fraction of sp³-hybridized carbons (Fsp3) is 0.773. The first-order valence-electron chi connectivity index (χ1n) is 23.5. The van der Waals surface area contributed by atoms with Crippen molar-refractivity contribution in [2.24, 2.45) is 45.9 Å². The van der Waals surface area contributed by atoms with Gasteiger partial charge in [0.2, 0.25) is 47.3 Å². The van der Waals surface area contributed by atoms with Crippen molar-refractivity contribution in [1.82, 2.24) is 42.5 Å². The molecule has 0 heterocycles. The lowest BCUT2D eigenvalue weighted by Gasteiger charge is -2.31. The molecule has 0 unspecified atom stereocenters. The van der Waals surface area contributed by atoms with Crippen molar-refractivity contribution >= 4 is 59.2 Å². The fourth-order valence-electron chi connectivity index (χ4n) is 6.72. The van der Waals surface area contributed by atoms with Crippen molar-refractivity contribution in [3.63, 3.8) is 0 Å². The van der Waals surface area contributed by atoms with E-state index >= 15 is 0 Å². The SMILES string of the molecule is CC[C@H](C)[C@H](NC(=O)[C@@H](NC(=O)[C@@H](NC(=O)[C@@H](NC(=O)[C@@H](NC(=O)[C@H](CC(C)C)NC(=O)[C@@H](N)CCCN=C(N)N)[C@@H](C)O)C(C)C)[C@@H](C)O)[C@@H](C)O)C(=O)N[C@H](C(=O)N[C@H](C(=O)O)C(C)C)[C@@H](C)O. The summed E-state index contributed by atoms with van der Waals surface area (Å²) in [5.74, 6) is -11.4. The van der Waals surface area contributed by atoms with E-state index in [-0.39, 0.29) is 37.7 Å². The molecule has 0 spiro atoms. The number of carbonyl (C=O) groups is 9. The highest BCUT2D eigenvalue weighted by molar-refractivity contribution is 5.98. The fourth-order valence-corrected chi connectivity index (χ4v) is 6.72. The van der Waals surface area contributed by atoms with Gasteiger partial charge in [0.25, 0.3) is 0 Å². The summed E-state index contributed by atoms with van der Waals surface area (Å²) < 4.78 is 0. The van der Waals surface area contributed by atoms with Crippen LogP contribution in [-0.2, 0) is 43.2 Å². The average Bonchev–Trinajstić information content (AvgIpc) is 3.24. The second-order valence-electron chi connectivity index (χ2n) is 18.8. The molecule has 14 atom stereocenters. The molecule has 0 aliphatic carbocycles. The number of amides is 8. The Kier molecular flexibility index (Phi) is 28.3. The van der Waals surface area contributed by atoms with E-state index in [1.54, 1.807) is 27.7 Å². The third-order valence-electron chi connectivity index (χ3n) is 11.2. The van der Waals surface area contributed by atoms with E-state index in [0.29, 0.717) is 6.42 Å². The smallest absolute Gasteiger partial charge is 0.326 e. The first-order valence-corrected chi connectivity index (χ1v) is 23.5. The number of guanidine groups is 1. The van der Waals surface area contributed by atoms with Gasteiger partial charge in [-0.25, -0.2) is 4.79 Å². The highest BCUT2D eigenvalue weighted by Gasteiger charge is 2.40. The zero-order chi connectivity index (χ0) is 54.5. The number of nitrogens with two attached hydrogens (primary N) is 3. The minimum Gasteiger partial charge on any atom is -0.480 e. The molecule has 19 N–H and O–H groups in total. The van der Waals surface area contributed by atoms with Crippen LogP contribution in [0.3, 0.4) is 0 Å². The predicted molar refractivity (Wildman–Crippen MR) is 256 cm³/mol. The van der Waals surface area contributed by atoms with Gasteiger partial charge in [0.05, 0.1) is 30.5 Å². The molecular formula is C44H82N12O14. The molecule has 0 aliphatic heterocycles. The number of nitrogens with zero attached hydrogens (tertiary/aromatic N) is 1. The molecule has 0 aliphatic rings. The van der Waals surface area contributed by atoms with Crippen LogP contribution in [0.2, 0.25) is 0 Å². The van der Waals surface area contributed by atoms with Crippen LogP contribution < -0.4 is 59.7 Å². The largest absolute Gasteiger partial charge is 0.480 e. The molecule has 0 aromatic heterocycles. The van der Waals surface area contributed by atoms with Gasteiger partial charge in [-0.05, 0) is 70.6 Å². The lowest BCUT2D eigenvalue weighted by Crippen LogP contribution is -2.65. The van der Waals surface area contributed by atoms with Crippen LogP contribution in [0.5, 0.6) is 0 Å². The van der Waals surface area contributed by atoms with Crippen LogP contribution in [0, 0.1) is 23.7 Å². The molecular weight excluding hydrogens is 921 g/mol. The lowest BCUT2D eigenvalue weighted by atomic mass is 9.96. The van der Waals surface area contributed by atoms with Gasteiger partial charge in [-0.1, -0.05) is 61.8 Å². The summed E-state index contributed by atoms with van der Waals surface area (Å²) in [7, 11) is 0. The summed E-state index contributed by atoms with van der Waals surface area (Å²) in [6.07, 6.45) is -5.46. The summed E-state index contributed by atoms with van der Waals surface area (Å²) >= 11 is 0. The molecule has 26 nitrogen and oxygen atoms in total. The summed E-state index contributed by atoms with van der Waals surface area (Å²) in [5, 5.41) is 71.0. The Labute approximate surface area is 409 Å². The molecule has 0 aromatic carbocycles. The summed E-state index contributed by atoms with van der Waals surface area (Å²) in [4.78, 5) is 124. The van der Waals surface area contributed by atoms with Crippen molar-refractivity contribution in [2.75, 3.05) is 6.54 Å². The number of carboxylic acids is 1. The van der Waals surface area contributed by atoms with Crippen molar-refractivity contribution in [3.05, 3.63) is 0 Å². The molecule has 0 fully saturated rings. The van der Waals surface area contributed by atoms with Crippen LogP contribution >= 0.6 is 0 Å². The number of aliphatic carboxylic acids is 1. The second-order valence-corrected chi connectivity index (χ2v) is 18.8. The zero-order valence-electron chi connectivity index (χ0n) is 42.4. The topological polar surface area (TPSA) is 441 Å². The van der Waals surface area contributed by atoms with Gasteiger partial charge in [-0.3, -0.25) is 43.3 Å². The molecule has 26 heteroatoms. The van der Waals surface area contributed by atoms with Gasteiger partial charge in [0.1, 0.15) is 48.3 Å². The number of hydrogen-bond donors (Lipinski definition) is 16. The van der Waals surface area contributed by atoms with Crippen molar-refractivity contribution in [3.8, 4) is 0 Å². The van der Waals surface area contributed by atoms with E-state index in [1.807, 2.05) is 0 Å². The number of carboxylic acid groups (broad SMARTS) is 1. The van der Waals surface area contributed by atoms with E-state index in [1.165, 1.54) is 41.5 Å². The number of nitrogens with one attached hydrogen (secondary N) is 8. The average molecular weight is 1000 g/mol. The minimum absolute atomic E-state index is 0.110. The molecule has 0 rings (SSSR count). The maximum absolute atomic E-state index is 13.8. The Morgan fingerprint density at radius 1 is 0.471 bits per heavy atom. The molecule has 0 aromatic rings. The monoisotopic (exact) mass is 1000 g/mol. The lowest BCUT2D eigenvalue weighted by molar-refractivity contribution is -0.144. The van der Waals surface area contributed by atoms with Crippen LogP contribution in [0.4, 0.5) is 0 Å². The molecule has 8 amide bonds. The number of carbonyl (C=O) groups excluding carboxylic acids is 8. The Balaban J connectivity index is 6.31. The number of aliphatic hydroxyl groups is 4. The van der Waals surface area contributed by atoms with Gasteiger partial charge in [0.15, 0.2) is 5.96 Å².